The van der Waals surface area contributed by atoms with Gasteiger partial charge in [-0.2, -0.15) is 11.8 Å². The molecule has 1 heterocycles. The van der Waals surface area contributed by atoms with Gasteiger partial charge < -0.3 is 4.84 Å². The molecule has 60 valence electrons. The lowest BCUT2D eigenvalue weighted by Gasteiger charge is -2.21. The molecule has 0 aromatic carbocycles. The standard InChI is InChI=1S/C7H15NOS/c1-7(6-8-9-2)4-3-5-10-7/h8H,3-6H2,1-2H3. The predicted octanol–water partition coefficient (Wildman–Crippen LogP) is 1.42. The zero-order chi connectivity index (χ0) is 7.45. The van der Waals surface area contributed by atoms with E-state index >= 15 is 0 Å². The van der Waals surface area contributed by atoms with Gasteiger partial charge in [0.25, 0.3) is 0 Å². The van der Waals surface area contributed by atoms with Crippen molar-refractivity contribution in [3.8, 4) is 0 Å². The summed E-state index contributed by atoms with van der Waals surface area (Å²) in [4.78, 5) is 4.81. The van der Waals surface area contributed by atoms with Gasteiger partial charge in [0.2, 0.25) is 0 Å². The highest BCUT2D eigenvalue weighted by atomic mass is 32.2. The predicted molar refractivity (Wildman–Crippen MR) is 45.1 cm³/mol. The molecule has 0 spiro atoms. The van der Waals surface area contributed by atoms with Crippen molar-refractivity contribution >= 4 is 11.8 Å². The van der Waals surface area contributed by atoms with Gasteiger partial charge >= 0.3 is 0 Å². The molecular formula is C7H15NOS. The summed E-state index contributed by atoms with van der Waals surface area (Å²) in [6, 6.07) is 0. The minimum Gasteiger partial charge on any atom is -0.305 e. The molecule has 0 aromatic rings. The average Bonchev–Trinajstić information content (AvgIpc) is 2.33. The summed E-state index contributed by atoms with van der Waals surface area (Å²) >= 11 is 2.04. The maximum atomic E-state index is 4.81. The number of hydroxylamine groups is 1. The van der Waals surface area contributed by atoms with E-state index in [1.54, 1.807) is 7.11 Å². The fraction of sp³-hybridized carbons (Fsp3) is 1.00. The fourth-order valence-electron chi connectivity index (χ4n) is 1.20. The van der Waals surface area contributed by atoms with Crippen LogP contribution >= 0.6 is 11.8 Å². The van der Waals surface area contributed by atoms with Crippen LogP contribution < -0.4 is 5.48 Å². The van der Waals surface area contributed by atoms with Crippen molar-refractivity contribution in [2.24, 2.45) is 0 Å². The second-order valence-electron chi connectivity index (χ2n) is 2.93. The van der Waals surface area contributed by atoms with E-state index in [-0.39, 0.29) is 0 Å². The molecular weight excluding hydrogens is 146 g/mol. The molecule has 0 radical (unpaired) electrons. The molecule has 1 fully saturated rings. The summed E-state index contributed by atoms with van der Waals surface area (Å²) in [5.41, 5.74) is 2.91. The van der Waals surface area contributed by atoms with Crippen LogP contribution in [-0.2, 0) is 4.84 Å². The van der Waals surface area contributed by atoms with Gasteiger partial charge in [-0.05, 0) is 25.5 Å². The van der Waals surface area contributed by atoms with Crippen LogP contribution in [0.15, 0.2) is 0 Å². The highest BCUT2D eigenvalue weighted by Gasteiger charge is 2.28. The second-order valence-corrected chi connectivity index (χ2v) is 4.61. The molecule has 1 aliphatic heterocycles. The van der Waals surface area contributed by atoms with Crippen molar-refractivity contribution in [3.63, 3.8) is 0 Å². The van der Waals surface area contributed by atoms with Crippen molar-refractivity contribution in [3.05, 3.63) is 0 Å². The smallest absolute Gasteiger partial charge is 0.0572 e. The van der Waals surface area contributed by atoms with Crippen molar-refractivity contribution in [1.29, 1.82) is 0 Å². The van der Waals surface area contributed by atoms with E-state index in [0.29, 0.717) is 4.75 Å². The molecule has 0 bridgehead atoms. The Balaban J connectivity index is 2.22. The molecule has 1 saturated heterocycles. The topological polar surface area (TPSA) is 21.3 Å². The summed E-state index contributed by atoms with van der Waals surface area (Å²) < 4.78 is 0.427. The van der Waals surface area contributed by atoms with E-state index in [4.69, 9.17) is 4.84 Å². The minimum atomic E-state index is 0.427. The van der Waals surface area contributed by atoms with E-state index in [2.05, 4.69) is 12.4 Å². The van der Waals surface area contributed by atoms with Crippen molar-refractivity contribution in [2.75, 3.05) is 19.4 Å². The molecule has 0 saturated carbocycles. The molecule has 0 amide bonds. The van der Waals surface area contributed by atoms with Crippen molar-refractivity contribution in [1.82, 2.24) is 5.48 Å². The first-order valence-electron chi connectivity index (χ1n) is 3.67. The highest BCUT2D eigenvalue weighted by molar-refractivity contribution is 8.00. The zero-order valence-electron chi connectivity index (χ0n) is 6.64. The molecule has 1 rings (SSSR count). The zero-order valence-corrected chi connectivity index (χ0v) is 7.46. The quantitative estimate of drug-likeness (QED) is 0.633. The Morgan fingerprint density at radius 1 is 1.70 bits per heavy atom. The van der Waals surface area contributed by atoms with E-state index < -0.39 is 0 Å². The normalized spacial score (nSPS) is 33.0. The van der Waals surface area contributed by atoms with E-state index in [0.717, 1.165) is 6.54 Å². The Bertz CT molecular complexity index is 102. The summed E-state index contributed by atoms with van der Waals surface area (Å²) in [6.07, 6.45) is 2.67. The maximum Gasteiger partial charge on any atom is 0.0572 e. The van der Waals surface area contributed by atoms with Gasteiger partial charge in [0, 0.05) is 11.3 Å². The van der Waals surface area contributed by atoms with Gasteiger partial charge in [0.1, 0.15) is 0 Å². The van der Waals surface area contributed by atoms with Crippen molar-refractivity contribution < 1.29 is 4.84 Å². The molecule has 0 aromatic heterocycles. The molecule has 1 aliphatic rings. The number of hydrogen-bond acceptors (Lipinski definition) is 3. The largest absolute Gasteiger partial charge is 0.305 e. The molecule has 2 nitrogen and oxygen atoms in total. The molecule has 1 N–H and O–H groups in total. The maximum absolute atomic E-state index is 4.81. The van der Waals surface area contributed by atoms with Gasteiger partial charge in [0.05, 0.1) is 7.11 Å². The van der Waals surface area contributed by atoms with Crippen LogP contribution in [0.2, 0.25) is 0 Å². The van der Waals surface area contributed by atoms with Crippen LogP contribution in [0, 0.1) is 0 Å². The van der Waals surface area contributed by atoms with Crippen LogP contribution in [0.3, 0.4) is 0 Å². The SMILES string of the molecule is CONCC1(C)CCCS1. The van der Waals surface area contributed by atoms with Gasteiger partial charge in [0.15, 0.2) is 0 Å². The first-order chi connectivity index (χ1) is 4.77. The van der Waals surface area contributed by atoms with Gasteiger partial charge in [-0.1, -0.05) is 0 Å². The summed E-state index contributed by atoms with van der Waals surface area (Å²) in [7, 11) is 1.67. The van der Waals surface area contributed by atoms with Gasteiger partial charge in [-0.15, -0.1) is 0 Å². The lowest BCUT2D eigenvalue weighted by molar-refractivity contribution is 0.0853. The van der Waals surface area contributed by atoms with Crippen LogP contribution in [0.1, 0.15) is 19.8 Å². The second kappa shape index (κ2) is 3.60. The number of rotatable bonds is 3. The van der Waals surface area contributed by atoms with E-state index in [1.165, 1.54) is 18.6 Å². The molecule has 10 heavy (non-hydrogen) atoms. The summed E-state index contributed by atoms with van der Waals surface area (Å²) in [5, 5.41) is 0. The first-order valence-corrected chi connectivity index (χ1v) is 4.65. The lowest BCUT2D eigenvalue weighted by Crippen LogP contribution is -2.32. The van der Waals surface area contributed by atoms with Gasteiger partial charge in [-0.3, -0.25) is 0 Å². The third-order valence-electron chi connectivity index (χ3n) is 1.89. The molecule has 3 heteroatoms. The monoisotopic (exact) mass is 161 g/mol. The van der Waals surface area contributed by atoms with Crippen LogP contribution in [0.4, 0.5) is 0 Å². The van der Waals surface area contributed by atoms with Crippen LogP contribution in [0.25, 0.3) is 0 Å². The minimum absolute atomic E-state index is 0.427. The molecule has 1 atom stereocenters. The lowest BCUT2D eigenvalue weighted by atomic mass is 10.1. The summed E-state index contributed by atoms with van der Waals surface area (Å²) in [6.45, 7) is 3.25. The van der Waals surface area contributed by atoms with E-state index in [9.17, 15) is 0 Å². The third-order valence-corrected chi connectivity index (χ3v) is 3.43. The Morgan fingerprint density at radius 3 is 3.00 bits per heavy atom. The molecule has 0 aliphatic carbocycles. The highest BCUT2D eigenvalue weighted by Crippen LogP contribution is 2.36. The fourth-order valence-corrected chi connectivity index (χ4v) is 2.43. The molecule has 1 unspecified atom stereocenters. The summed E-state index contributed by atoms with van der Waals surface area (Å²) in [5.74, 6) is 1.31. The first kappa shape index (κ1) is 8.37. The van der Waals surface area contributed by atoms with Gasteiger partial charge in [-0.25, -0.2) is 5.48 Å². The number of nitrogens with one attached hydrogen (secondary N) is 1. The Kier molecular flexibility index (Phi) is 3.01. The number of hydrogen-bond donors (Lipinski definition) is 1. The Morgan fingerprint density at radius 2 is 2.50 bits per heavy atom. The van der Waals surface area contributed by atoms with Crippen molar-refractivity contribution in [2.45, 2.75) is 24.5 Å². The average molecular weight is 161 g/mol. The van der Waals surface area contributed by atoms with Crippen LogP contribution in [-0.4, -0.2) is 24.2 Å². The third kappa shape index (κ3) is 2.15. The van der Waals surface area contributed by atoms with E-state index in [1.807, 2.05) is 11.8 Å². The Labute approximate surface area is 66.7 Å². The Hall–Kier alpha value is 0.270. The van der Waals surface area contributed by atoms with Crippen LogP contribution in [0.5, 0.6) is 0 Å². The number of thioether (sulfide) groups is 1.